The Morgan fingerprint density at radius 1 is 0.429 bits per heavy atom. The fourth-order valence-electron chi connectivity index (χ4n) is 2.27. The molecule has 0 rings (SSSR count). The van der Waals surface area contributed by atoms with Crippen LogP contribution in [-0.4, -0.2) is 0 Å². The van der Waals surface area contributed by atoms with Crippen LogP contribution in [0.5, 0.6) is 0 Å². The van der Waals surface area contributed by atoms with Crippen molar-refractivity contribution in [1.82, 2.24) is 0 Å². The summed E-state index contributed by atoms with van der Waals surface area (Å²) in [6, 6.07) is 0. The smallest absolute Gasteiger partial charge is 0 e. The fraction of sp³-hybridized carbons (Fsp3) is 0.900. The van der Waals surface area contributed by atoms with E-state index in [1.54, 1.807) is 0 Å². The Labute approximate surface area is 170 Å². The first-order chi connectivity index (χ1) is 9.83. The molecule has 0 aliphatic carbocycles. The van der Waals surface area contributed by atoms with Crippen LogP contribution in [0.25, 0.3) is 0 Å². The van der Waals surface area contributed by atoms with Crippen molar-refractivity contribution < 1.29 is 40.8 Å². The Hall–Kier alpha value is 1.35. The second kappa shape index (κ2) is 29.4. The second-order valence-corrected chi connectivity index (χ2v) is 5.95. The zero-order chi connectivity index (χ0) is 15.3. The molecule has 0 amide bonds. The van der Waals surface area contributed by atoms with Crippen molar-refractivity contribution in [3.63, 3.8) is 0 Å². The van der Waals surface area contributed by atoms with Gasteiger partial charge in [0.05, 0.1) is 0 Å². The van der Waals surface area contributed by atoms with Gasteiger partial charge in [-0.3, -0.25) is 0 Å². The topological polar surface area (TPSA) is 0 Å². The molecule has 0 aromatic carbocycles. The molecule has 0 aromatic heterocycles. The van der Waals surface area contributed by atoms with Crippen molar-refractivity contribution in [3.05, 3.63) is 13.8 Å². The van der Waals surface area contributed by atoms with Gasteiger partial charge in [-0.25, -0.2) is 0 Å². The van der Waals surface area contributed by atoms with Crippen LogP contribution in [0.15, 0.2) is 0 Å². The molecule has 0 heterocycles. The molecular formula is C20H42Nd-2. The molecule has 0 unspecified atom stereocenters. The average molecular weight is 427 g/mol. The molecule has 0 atom stereocenters. The van der Waals surface area contributed by atoms with Crippen LogP contribution >= 0.6 is 0 Å². The van der Waals surface area contributed by atoms with Gasteiger partial charge >= 0.3 is 0 Å². The Kier molecular flexibility index (Phi) is 38.1. The molecule has 1 heteroatoms. The largest absolute Gasteiger partial charge is 0.343 e. The molecule has 0 aromatic rings. The SMILES string of the molecule is [CH2-]CCCCCCCCC.[CH2-]CCCCCCCCC.[Nd]. The first-order valence-corrected chi connectivity index (χ1v) is 9.41. The minimum Gasteiger partial charge on any atom is -0.343 e. The van der Waals surface area contributed by atoms with Gasteiger partial charge in [0.25, 0.3) is 0 Å². The quantitative estimate of drug-likeness (QED) is 0.195. The molecule has 0 aliphatic heterocycles. The van der Waals surface area contributed by atoms with Gasteiger partial charge in [-0.15, -0.1) is 0 Å². The van der Waals surface area contributed by atoms with E-state index in [4.69, 9.17) is 0 Å². The zero-order valence-corrected chi connectivity index (χ0v) is 18.4. The van der Waals surface area contributed by atoms with E-state index in [2.05, 4.69) is 27.7 Å². The molecule has 0 fully saturated rings. The van der Waals surface area contributed by atoms with Crippen LogP contribution < -0.4 is 0 Å². The van der Waals surface area contributed by atoms with Gasteiger partial charge in [0.15, 0.2) is 0 Å². The molecular weight excluding hydrogens is 384 g/mol. The Morgan fingerprint density at radius 2 is 0.667 bits per heavy atom. The van der Waals surface area contributed by atoms with Crippen LogP contribution in [0.1, 0.15) is 117 Å². The van der Waals surface area contributed by atoms with Crippen molar-refractivity contribution in [2.45, 2.75) is 117 Å². The van der Waals surface area contributed by atoms with Gasteiger partial charge in [-0.2, -0.15) is 12.8 Å². The van der Waals surface area contributed by atoms with Crippen LogP contribution in [0.2, 0.25) is 0 Å². The number of hydrogen-bond donors (Lipinski definition) is 0. The van der Waals surface area contributed by atoms with Crippen molar-refractivity contribution in [1.29, 1.82) is 0 Å². The predicted molar refractivity (Wildman–Crippen MR) is 95.9 cm³/mol. The Bertz CT molecular complexity index is 102. The first-order valence-electron chi connectivity index (χ1n) is 9.41. The van der Waals surface area contributed by atoms with Crippen LogP contribution in [0.3, 0.4) is 0 Å². The molecule has 0 aliphatic rings. The molecule has 0 saturated carbocycles. The van der Waals surface area contributed by atoms with Gasteiger partial charge < -0.3 is 13.8 Å². The van der Waals surface area contributed by atoms with Crippen molar-refractivity contribution in [3.8, 4) is 0 Å². The molecule has 0 N–H and O–H groups in total. The normalized spacial score (nSPS) is 9.71. The van der Waals surface area contributed by atoms with E-state index in [1.807, 2.05) is 0 Å². The van der Waals surface area contributed by atoms with E-state index in [9.17, 15) is 0 Å². The summed E-state index contributed by atoms with van der Waals surface area (Å²) in [5.74, 6) is 0. The number of unbranched alkanes of at least 4 members (excludes halogenated alkanes) is 14. The van der Waals surface area contributed by atoms with Crippen LogP contribution in [0.4, 0.5) is 0 Å². The van der Waals surface area contributed by atoms with Crippen LogP contribution in [-0.2, 0) is 0 Å². The Morgan fingerprint density at radius 3 is 0.905 bits per heavy atom. The molecule has 0 saturated heterocycles. The van der Waals surface area contributed by atoms with Gasteiger partial charge in [0.1, 0.15) is 0 Å². The fourth-order valence-corrected chi connectivity index (χ4v) is 2.27. The predicted octanol–water partition coefficient (Wildman–Crippen LogP) is 7.92. The summed E-state index contributed by atoms with van der Waals surface area (Å²) >= 11 is 0. The standard InChI is InChI=1S/2C10H21.Nd/c2*1-3-5-7-9-10-8-6-4-2;/h2*1,3-10H2,2H3;/q2*-1;. The monoisotopic (exact) mass is 424 g/mol. The van der Waals surface area contributed by atoms with Crippen LogP contribution in [0, 0.1) is 54.7 Å². The Balaban J connectivity index is -0.000000295. The van der Waals surface area contributed by atoms with Crippen molar-refractivity contribution in [2.75, 3.05) is 0 Å². The summed E-state index contributed by atoms with van der Waals surface area (Å²) in [4.78, 5) is 0. The van der Waals surface area contributed by atoms with Crippen molar-refractivity contribution in [2.24, 2.45) is 0 Å². The summed E-state index contributed by atoms with van der Waals surface area (Å²) in [5, 5.41) is 0. The van der Waals surface area contributed by atoms with E-state index >= 15 is 0 Å². The van der Waals surface area contributed by atoms with E-state index in [0.717, 1.165) is 12.8 Å². The third kappa shape index (κ3) is 33.9. The molecule has 0 radical (unpaired) electrons. The first kappa shape index (κ1) is 27.2. The summed E-state index contributed by atoms with van der Waals surface area (Å²) in [6.07, 6.45) is 21.8. The molecule has 128 valence electrons. The molecule has 0 spiro atoms. The number of rotatable bonds is 14. The minimum absolute atomic E-state index is 0. The van der Waals surface area contributed by atoms with Crippen molar-refractivity contribution >= 4 is 0 Å². The van der Waals surface area contributed by atoms with E-state index < -0.39 is 0 Å². The average Bonchev–Trinajstić information content (AvgIpc) is 2.47. The van der Waals surface area contributed by atoms with E-state index in [0.29, 0.717) is 0 Å². The van der Waals surface area contributed by atoms with E-state index in [1.165, 1.54) is 89.9 Å². The maximum absolute atomic E-state index is 3.82. The van der Waals surface area contributed by atoms with Gasteiger partial charge in [0, 0.05) is 40.8 Å². The van der Waals surface area contributed by atoms with Gasteiger partial charge in [-0.05, 0) is 0 Å². The molecule has 0 bridgehead atoms. The van der Waals surface area contributed by atoms with Gasteiger partial charge in [0.2, 0.25) is 0 Å². The minimum atomic E-state index is 0. The zero-order valence-electron chi connectivity index (χ0n) is 15.2. The number of hydrogen-bond acceptors (Lipinski definition) is 0. The molecule has 0 nitrogen and oxygen atoms in total. The van der Waals surface area contributed by atoms with E-state index in [-0.39, 0.29) is 40.8 Å². The molecule has 21 heavy (non-hydrogen) atoms. The van der Waals surface area contributed by atoms with Gasteiger partial charge in [-0.1, -0.05) is 104 Å². The third-order valence-electron chi connectivity index (χ3n) is 3.71. The maximum Gasteiger partial charge on any atom is 0 e. The maximum atomic E-state index is 3.82. The third-order valence-corrected chi connectivity index (χ3v) is 3.71. The summed E-state index contributed by atoms with van der Waals surface area (Å²) in [6.45, 7) is 12.2. The second-order valence-electron chi connectivity index (χ2n) is 5.95. The summed E-state index contributed by atoms with van der Waals surface area (Å²) < 4.78 is 0. The summed E-state index contributed by atoms with van der Waals surface area (Å²) in [5.41, 5.74) is 0. The summed E-state index contributed by atoms with van der Waals surface area (Å²) in [7, 11) is 0.